The Labute approximate surface area is 91.3 Å². The van der Waals surface area contributed by atoms with Crippen molar-refractivity contribution in [2.24, 2.45) is 0 Å². The third kappa shape index (κ3) is 8.51. The minimum absolute atomic E-state index is 0.848. The van der Waals surface area contributed by atoms with Gasteiger partial charge in [0.05, 0.1) is 0 Å². The Morgan fingerprint density at radius 3 is 2.14 bits per heavy atom. The van der Waals surface area contributed by atoms with Crippen LogP contribution in [0.2, 0.25) is 12.1 Å². The summed E-state index contributed by atoms with van der Waals surface area (Å²) in [7, 11) is -0.848. The molecule has 0 atom stereocenters. The van der Waals surface area contributed by atoms with Crippen LogP contribution in [0.15, 0.2) is 12.7 Å². The zero-order valence-electron chi connectivity index (χ0n) is 9.93. The molecule has 0 heterocycles. The van der Waals surface area contributed by atoms with E-state index in [0.717, 1.165) is 13.0 Å². The van der Waals surface area contributed by atoms with Gasteiger partial charge >= 0.3 is 0 Å². The molecule has 0 N–H and O–H groups in total. The van der Waals surface area contributed by atoms with Crippen molar-refractivity contribution in [1.82, 2.24) is 0 Å². The summed E-state index contributed by atoms with van der Waals surface area (Å²) in [6, 6.07) is 2.74. The molecule has 0 saturated heterocycles. The lowest BCUT2D eigenvalue weighted by atomic mass is 10.4. The summed E-state index contributed by atoms with van der Waals surface area (Å²) in [5.41, 5.74) is 0. The summed E-state index contributed by atoms with van der Waals surface area (Å²) < 4.78 is 5.95. The van der Waals surface area contributed by atoms with E-state index < -0.39 is 9.04 Å². The number of unbranched alkanes of at least 4 members (excludes halogenated alkanes) is 2. The topological polar surface area (TPSA) is 9.23 Å². The maximum Gasteiger partial charge on any atom is 0.176 e. The maximum absolute atomic E-state index is 5.95. The van der Waals surface area contributed by atoms with Crippen LogP contribution in [0.1, 0.15) is 46.0 Å². The van der Waals surface area contributed by atoms with Gasteiger partial charge in [-0.05, 0) is 18.5 Å². The molecule has 0 radical (unpaired) electrons. The molecule has 0 aliphatic carbocycles. The second-order valence-electron chi connectivity index (χ2n) is 3.85. The molecule has 0 fully saturated rings. The SMILES string of the molecule is C=CCCO[SiH](CCCC)CCCC. The van der Waals surface area contributed by atoms with E-state index in [1.807, 2.05) is 6.08 Å². The average Bonchev–Trinajstić information content (AvgIpc) is 2.21. The molecule has 0 aromatic carbocycles. The lowest BCUT2D eigenvalue weighted by Crippen LogP contribution is -2.18. The van der Waals surface area contributed by atoms with Gasteiger partial charge in [-0.2, -0.15) is 0 Å². The van der Waals surface area contributed by atoms with Crippen LogP contribution in [-0.4, -0.2) is 15.6 Å². The van der Waals surface area contributed by atoms with E-state index in [2.05, 4.69) is 20.4 Å². The second kappa shape index (κ2) is 11.0. The van der Waals surface area contributed by atoms with Crippen LogP contribution < -0.4 is 0 Å². The van der Waals surface area contributed by atoms with Crippen molar-refractivity contribution in [2.75, 3.05) is 6.61 Å². The molecule has 0 aliphatic rings. The van der Waals surface area contributed by atoms with Gasteiger partial charge in [-0.25, -0.2) is 0 Å². The molecular formula is C12H26OSi. The molecule has 0 aromatic heterocycles. The van der Waals surface area contributed by atoms with Gasteiger partial charge in [0.25, 0.3) is 0 Å². The molecule has 14 heavy (non-hydrogen) atoms. The predicted octanol–water partition coefficient (Wildman–Crippen LogP) is 3.90. The first-order chi connectivity index (χ1) is 6.85. The molecule has 2 heteroatoms. The summed E-state index contributed by atoms with van der Waals surface area (Å²) in [4.78, 5) is 0. The largest absolute Gasteiger partial charge is 0.420 e. The minimum Gasteiger partial charge on any atom is -0.420 e. The zero-order chi connectivity index (χ0) is 10.6. The Morgan fingerprint density at radius 2 is 1.71 bits per heavy atom. The molecule has 1 nitrogen and oxygen atoms in total. The van der Waals surface area contributed by atoms with E-state index in [1.165, 1.54) is 37.8 Å². The maximum atomic E-state index is 5.95. The Balaban J connectivity index is 3.54. The highest BCUT2D eigenvalue weighted by Crippen LogP contribution is 2.11. The van der Waals surface area contributed by atoms with Crippen molar-refractivity contribution in [2.45, 2.75) is 58.0 Å². The molecule has 0 unspecified atom stereocenters. The van der Waals surface area contributed by atoms with Crippen molar-refractivity contribution in [3.8, 4) is 0 Å². The van der Waals surface area contributed by atoms with Crippen LogP contribution in [0.4, 0.5) is 0 Å². The van der Waals surface area contributed by atoms with Gasteiger partial charge < -0.3 is 4.43 Å². The molecule has 0 spiro atoms. The lowest BCUT2D eigenvalue weighted by molar-refractivity contribution is 0.323. The smallest absolute Gasteiger partial charge is 0.176 e. The van der Waals surface area contributed by atoms with Crippen LogP contribution in [0.25, 0.3) is 0 Å². The normalized spacial score (nSPS) is 10.8. The fraction of sp³-hybridized carbons (Fsp3) is 0.833. The van der Waals surface area contributed by atoms with Gasteiger partial charge in [0.1, 0.15) is 0 Å². The van der Waals surface area contributed by atoms with Crippen LogP contribution in [0.3, 0.4) is 0 Å². The van der Waals surface area contributed by atoms with Crippen molar-refractivity contribution >= 4 is 9.04 Å². The highest BCUT2D eigenvalue weighted by atomic mass is 28.3. The van der Waals surface area contributed by atoms with Crippen molar-refractivity contribution in [3.05, 3.63) is 12.7 Å². The van der Waals surface area contributed by atoms with E-state index in [0.29, 0.717) is 0 Å². The first-order valence-corrected chi connectivity index (χ1v) is 8.18. The highest BCUT2D eigenvalue weighted by Gasteiger charge is 2.09. The van der Waals surface area contributed by atoms with Gasteiger partial charge in [-0.1, -0.05) is 45.6 Å². The van der Waals surface area contributed by atoms with E-state index in [9.17, 15) is 0 Å². The fourth-order valence-corrected chi connectivity index (χ4v) is 4.31. The molecular weight excluding hydrogens is 188 g/mol. The quantitative estimate of drug-likeness (QED) is 0.304. The molecule has 0 bridgehead atoms. The molecule has 0 aromatic rings. The number of hydrogen-bond acceptors (Lipinski definition) is 1. The summed E-state index contributed by atoms with van der Waals surface area (Å²) in [5.74, 6) is 0. The molecule has 84 valence electrons. The predicted molar refractivity (Wildman–Crippen MR) is 67.3 cm³/mol. The van der Waals surface area contributed by atoms with Crippen LogP contribution >= 0.6 is 0 Å². The number of rotatable bonds is 10. The van der Waals surface area contributed by atoms with Crippen molar-refractivity contribution in [3.63, 3.8) is 0 Å². The molecule has 0 amide bonds. The highest BCUT2D eigenvalue weighted by molar-refractivity contribution is 6.51. The number of hydrogen-bond donors (Lipinski definition) is 0. The van der Waals surface area contributed by atoms with Gasteiger partial charge in [0.2, 0.25) is 0 Å². The molecule has 0 saturated carbocycles. The monoisotopic (exact) mass is 214 g/mol. The standard InChI is InChI=1S/C12H26OSi/c1-4-7-10-13-14(11-8-5-2)12-9-6-3/h4,14H,1,5-12H2,2-3H3. The Morgan fingerprint density at radius 1 is 1.14 bits per heavy atom. The van der Waals surface area contributed by atoms with E-state index >= 15 is 0 Å². The third-order valence-electron chi connectivity index (χ3n) is 2.43. The van der Waals surface area contributed by atoms with Gasteiger partial charge in [0, 0.05) is 6.61 Å². The van der Waals surface area contributed by atoms with E-state index in [1.54, 1.807) is 0 Å². The summed E-state index contributed by atoms with van der Waals surface area (Å²) in [6.07, 6.45) is 8.29. The Kier molecular flexibility index (Phi) is 10.9. The summed E-state index contributed by atoms with van der Waals surface area (Å²) >= 11 is 0. The van der Waals surface area contributed by atoms with Crippen molar-refractivity contribution in [1.29, 1.82) is 0 Å². The zero-order valence-corrected chi connectivity index (χ0v) is 11.1. The van der Waals surface area contributed by atoms with Gasteiger partial charge in [-0.15, -0.1) is 6.58 Å². The van der Waals surface area contributed by atoms with Crippen LogP contribution in [0, 0.1) is 0 Å². The van der Waals surface area contributed by atoms with E-state index in [-0.39, 0.29) is 0 Å². The minimum atomic E-state index is -0.848. The average molecular weight is 214 g/mol. The van der Waals surface area contributed by atoms with E-state index in [4.69, 9.17) is 4.43 Å². The summed E-state index contributed by atoms with van der Waals surface area (Å²) in [5, 5.41) is 0. The first-order valence-electron chi connectivity index (χ1n) is 6.07. The Hall–Kier alpha value is -0.0831. The molecule has 0 aliphatic heterocycles. The lowest BCUT2D eigenvalue weighted by Gasteiger charge is -2.15. The first kappa shape index (κ1) is 13.9. The van der Waals surface area contributed by atoms with Crippen LogP contribution in [0.5, 0.6) is 0 Å². The third-order valence-corrected chi connectivity index (χ3v) is 5.25. The van der Waals surface area contributed by atoms with Gasteiger partial charge in [0.15, 0.2) is 9.04 Å². The fourth-order valence-electron chi connectivity index (χ4n) is 1.49. The van der Waals surface area contributed by atoms with Crippen LogP contribution in [-0.2, 0) is 4.43 Å². The van der Waals surface area contributed by atoms with Gasteiger partial charge in [-0.3, -0.25) is 0 Å². The summed E-state index contributed by atoms with van der Waals surface area (Å²) in [6.45, 7) is 9.15. The molecule has 0 rings (SSSR count). The van der Waals surface area contributed by atoms with Crippen molar-refractivity contribution < 1.29 is 4.43 Å². The Bertz CT molecular complexity index is 117. The second-order valence-corrected chi connectivity index (χ2v) is 6.59.